The zero-order valence-corrected chi connectivity index (χ0v) is 14.4. The summed E-state index contributed by atoms with van der Waals surface area (Å²) in [6.45, 7) is 5.93. The zero-order chi connectivity index (χ0) is 15.7. The van der Waals surface area contributed by atoms with E-state index < -0.39 is 0 Å². The Bertz CT molecular complexity index is 650. The van der Waals surface area contributed by atoms with Gasteiger partial charge in [0, 0.05) is 31.6 Å². The number of aromatic nitrogens is 2. The summed E-state index contributed by atoms with van der Waals surface area (Å²) < 4.78 is 13.2. The molecule has 0 N–H and O–H groups in total. The van der Waals surface area contributed by atoms with Gasteiger partial charge < -0.3 is 9.15 Å². The highest BCUT2D eigenvalue weighted by atomic mass is 32.2. The monoisotopic (exact) mass is 321 g/mol. The maximum atomic E-state index is 5.88. The Kier molecular flexibility index (Phi) is 4.49. The van der Waals surface area contributed by atoms with Crippen LogP contribution in [-0.4, -0.2) is 39.8 Å². The van der Waals surface area contributed by atoms with Crippen LogP contribution < -0.4 is 4.74 Å². The largest absolute Gasteiger partial charge is 0.481 e. The molecule has 2 aromatic rings. The first-order chi connectivity index (χ1) is 10.6. The molecule has 1 atom stereocenters. The van der Waals surface area contributed by atoms with Gasteiger partial charge in [0.2, 0.25) is 5.88 Å². The van der Waals surface area contributed by atoms with Gasteiger partial charge in [-0.3, -0.25) is 4.90 Å². The number of aryl methyl sites for hydroxylation is 3. The minimum atomic E-state index is 0.316. The van der Waals surface area contributed by atoms with Gasteiger partial charge in [-0.1, -0.05) is 0 Å². The van der Waals surface area contributed by atoms with Gasteiger partial charge in [-0.25, -0.2) is 4.68 Å². The van der Waals surface area contributed by atoms with Gasteiger partial charge in [0.05, 0.1) is 24.4 Å². The quantitative estimate of drug-likeness (QED) is 0.866. The average molecular weight is 321 g/mol. The minimum Gasteiger partial charge on any atom is -0.481 e. The molecule has 0 saturated carbocycles. The summed E-state index contributed by atoms with van der Waals surface area (Å²) in [5.41, 5.74) is 2.21. The molecule has 3 rings (SSSR count). The molecule has 0 unspecified atom stereocenters. The molecule has 3 heterocycles. The zero-order valence-electron chi connectivity index (χ0n) is 13.6. The SMILES string of the molecule is COc1c(CN2CCSC[C@H]2c2ccc(C)o2)c(C)nn1C. The first kappa shape index (κ1) is 15.5. The van der Waals surface area contributed by atoms with Gasteiger partial charge in [-0.2, -0.15) is 16.9 Å². The van der Waals surface area contributed by atoms with E-state index in [-0.39, 0.29) is 0 Å². The third kappa shape index (κ3) is 2.90. The lowest BCUT2D eigenvalue weighted by Crippen LogP contribution is -2.35. The minimum absolute atomic E-state index is 0.316. The maximum Gasteiger partial charge on any atom is 0.216 e. The molecule has 1 aliphatic rings. The molecule has 6 heteroatoms. The molecular formula is C16H23N3O2S. The summed E-state index contributed by atoms with van der Waals surface area (Å²) >= 11 is 1.99. The average Bonchev–Trinajstić information content (AvgIpc) is 3.04. The van der Waals surface area contributed by atoms with Crippen LogP contribution in [0.15, 0.2) is 16.5 Å². The molecule has 5 nitrogen and oxygen atoms in total. The Morgan fingerprint density at radius 1 is 1.41 bits per heavy atom. The van der Waals surface area contributed by atoms with E-state index in [0.29, 0.717) is 6.04 Å². The van der Waals surface area contributed by atoms with Gasteiger partial charge in [-0.05, 0) is 26.0 Å². The number of nitrogens with zero attached hydrogens (tertiary/aromatic N) is 3. The van der Waals surface area contributed by atoms with Crippen molar-refractivity contribution in [2.45, 2.75) is 26.4 Å². The van der Waals surface area contributed by atoms with E-state index in [9.17, 15) is 0 Å². The Hall–Kier alpha value is -1.40. The van der Waals surface area contributed by atoms with E-state index in [0.717, 1.165) is 47.7 Å². The van der Waals surface area contributed by atoms with Crippen LogP contribution in [0.25, 0.3) is 0 Å². The molecule has 0 bridgehead atoms. The Morgan fingerprint density at radius 2 is 2.23 bits per heavy atom. The van der Waals surface area contributed by atoms with Crippen molar-refractivity contribution < 1.29 is 9.15 Å². The van der Waals surface area contributed by atoms with E-state index in [2.05, 4.69) is 16.1 Å². The molecule has 120 valence electrons. The second-order valence-corrected chi connectivity index (χ2v) is 6.86. The van der Waals surface area contributed by atoms with Crippen LogP contribution in [0.1, 0.15) is 28.8 Å². The van der Waals surface area contributed by atoms with Crippen molar-refractivity contribution in [3.05, 3.63) is 34.9 Å². The fraction of sp³-hybridized carbons (Fsp3) is 0.562. The molecule has 22 heavy (non-hydrogen) atoms. The van der Waals surface area contributed by atoms with E-state index in [1.54, 1.807) is 7.11 Å². The predicted octanol–water partition coefficient (Wildman–Crippen LogP) is 2.93. The number of rotatable bonds is 4. The highest BCUT2D eigenvalue weighted by Gasteiger charge is 2.29. The van der Waals surface area contributed by atoms with Crippen molar-refractivity contribution in [1.29, 1.82) is 0 Å². The van der Waals surface area contributed by atoms with Crippen LogP contribution in [0, 0.1) is 13.8 Å². The van der Waals surface area contributed by atoms with Gasteiger partial charge in [0.1, 0.15) is 11.5 Å². The van der Waals surface area contributed by atoms with Crippen molar-refractivity contribution in [2.24, 2.45) is 7.05 Å². The summed E-state index contributed by atoms with van der Waals surface area (Å²) in [6.07, 6.45) is 0. The van der Waals surface area contributed by atoms with Crippen LogP contribution in [0.2, 0.25) is 0 Å². The Balaban J connectivity index is 1.86. The first-order valence-corrected chi connectivity index (χ1v) is 8.70. The van der Waals surface area contributed by atoms with Crippen molar-refractivity contribution in [1.82, 2.24) is 14.7 Å². The van der Waals surface area contributed by atoms with Crippen LogP contribution >= 0.6 is 11.8 Å². The lowest BCUT2D eigenvalue weighted by molar-refractivity contribution is 0.184. The molecule has 0 spiro atoms. The van der Waals surface area contributed by atoms with Gasteiger partial charge in [0.25, 0.3) is 0 Å². The lowest BCUT2D eigenvalue weighted by atomic mass is 10.1. The van der Waals surface area contributed by atoms with Crippen molar-refractivity contribution in [2.75, 3.05) is 25.2 Å². The van der Waals surface area contributed by atoms with E-state index in [1.165, 1.54) is 5.56 Å². The number of hydrogen-bond acceptors (Lipinski definition) is 5. The molecule has 1 aliphatic heterocycles. The number of thioether (sulfide) groups is 1. The molecule has 1 saturated heterocycles. The highest BCUT2D eigenvalue weighted by molar-refractivity contribution is 7.99. The second-order valence-electron chi connectivity index (χ2n) is 5.71. The molecular weight excluding hydrogens is 298 g/mol. The molecule has 2 aromatic heterocycles. The summed E-state index contributed by atoms with van der Waals surface area (Å²) in [4.78, 5) is 2.47. The number of methoxy groups -OCH3 is 1. The normalized spacial score (nSPS) is 19.5. The number of furan rings is 1. The van der Waals surface area contributed by atoms with E-state index >= 15 is 0 Å². The van der Waals surface area contributed by atoms with Gasteiger partial charge in [0.15, 0.2) is 0 Å². The van der Waals surface area contributed by atoms with Crippen LogP contribution in [0.3, 0.4) is 0 Å². The molecule has 0 aromatic carbocycles. The fourth-order valence-corrected chi connectivity index (χ4v) is 4.17. The molecule has 0 amide bonds. The number of hydrogen-bond donors (Lipinski definition) is 0. The van der Waals surface area contributed by atoms with Crippen LogP contribution in [0.4, 0.5) is 0 Å². The summed E-state index contributed by atoms with van der Waals surface area (Å²) in [5, 5.41) is 4.49. The molecule has 0 radical (unpaired) electrons. The van der Waals surface area contributed by atoms with Crippen molar-refractivity contribution >= 4 is 11.8 Å². The smallest absolute Gasteiger partial charge is 0.216 e. The number of ether oxygens (including phenoxy) is 1. The van der Waals surface area contributed by atoms with Crippen molar-refractivity contribution in [3.8, 4) is 5.88 Å². The second kappa shape index (κ2) is 6.38. The molecule has 0 aliphatic carbocycles. The van der Waals surface area contributed by atoms with Gasteiger partial charge in [-0.15, -0.1) is 0 Å². The fourth-order valence-electron chi connectivity index (χ4n) is 3.04. The Labute approximate surface area is 135 Å². The summed E-state index contributed by atoms with van der Waals surface area (Å²) in [7, 11) is 3.63. The third-order valence-corrected chi connectivity index (χ3v) is 5.19. The Morgan fingerprint density at radius 3 is 2.91 bits per heavy atom. The standard InChI is InChI=1S/C16H23N3O2S/c1-11-5-6-15(21-11)14-10-22-8-7-19(14)9-13-12(2)17-18(3)16(13)20-4/h5-6,14H,7-10H2,1-4H3/t14-/m0/s1. The first-order valence-electron chi connectivity index (χ1n) is 7.54. The highest BCUT2D eigenvalue weighted by Crippen LogP contribution is 2.33. The van der Waals surface area contributed by atoms with Gasteiger partial charge >= 0.3 is 0 Å². The van der Waals surface area contributed by atoms with Crippen molar-refractivity contribution in [3.63, 3.8) is 0 Å². The lowest BCUT2D eigenvalue weighted by Gasteiger charge is -2.34. The summed E-state index contributed by atoms with van der Waals surface area (Å²) in [5.74, 6) is 5.10. The topological polar surface area (TPSA) is 43.4 Å². The summed E-state index contributed by atoms with van der Waals surface area (Å²) in [6, 6.07) is 4.46. The van der Waals surface area contributed by atoms with E-state index in [4.69, 9.17) is 9.15 Å². The van der Waals surface area contributed by atoms with Crippen LogP contribution in [0.5, 0.6) is 5.88 Å². The van der Waals surface area contributed by atoms with E-state index in [1.807, 2.05) is 43.4 Å². The maximum absolute atomic E-state index is 5.88. The third-order valence-electron chi connectivity index (χ3n) is 4.17. The van der Waals surface area contributed by atoms with Crippen LogP contribution in [-0.2, 0) is 13.6 Å². The predicted molar refractivity (Wildman–Crippen MR) is 88.4 cm³/mol. The molecule has 1 fully saturated rings.